The minimum absolute atomic E-state index is 0.133. The van der Waals surface area contributed by atoms with Gasteiger partial charge in [0.15, 0.2) is 0 Å². The molecule has 4 heteroatoms. The summed E-state index contributed by atoms with van der Waals surface area (Å²) in [5.41, 5.74) is 1.42. The summed E-state index contributed by atoms with van der Waals surface area (Å²) >= 11 is 0. The van der Waals surface area contributed by atoms with Gasteiger partial charge < -0.3 is 10.2 Å². The van der Waals surface area contributed by atoms with Gasteiger partial charge in [0.1, 0.15) is 0 Å². The Morgan fingerprint density at radius 3 is 2.43 bits per heavy atom. The van der Waals surface area contributed by atoms with Gasteiger partial charge in [-0.3, -0.25) is 9.69 Å². The normalized spacial score (nSPS) is 18.4. The summed E-state index contributed by atoms with van der Waals surface area (Å²) in [6.07, 6.45) is 1.74. The minimum atomic E-state index is 0.133. The third kappa shape index (κ3) is 4.55. The lowest BCUT2D eigenvalue weighted by atomic mass is 10.0. The third-order valence-corrected chi connectivity index (χ3v) is 4.35. The van der Waals surface area contributed by atoms with Crippen molar-refractivity contribution in [3.05, 3.63) is 35.9 Å². The molecule has 21 heavy (non-hydrogen) atoms. The van der Waals surface area contributed by atoms with Crippen molar-refractivity contribution in [2.45, 2.75) is 25.8 Å². The van der Waals surface area contributed by atoms with E-state index in [1.807, 2.05) is 0 Å². The van der Waals surface area contributed by atoms with E-state index < -0.39 is 0 Å². The highest BCUT2D eigenvalue weighted by Crippen LogP contribution is 2.25. The molecule has 0 unspecified atom stereocenters. The van der Waals surface area contributed by atoms with Gasteiger partial charge in [-0.2, -0.15) is 0 Å². The number of hydrogen-bond donors (Lipinski definition) is 1. The molecule has 1 fully saturated rings. The molecule has 1 atom stereocenters. The van der Waals surface area contributed by atoms with Crippen molar-refractivity contribution < 1.29 is 4.79 Å². The zero-order chi connectivity index (χ0) is 15.1. The number of amides is 1. The average Bonchev–Trinajstić information content (AvgIpc) is 2.55. The van der Waals surface area contributed by atoms with Crippen LogP contribution in [0.2, 0.25) is 0 Å². The molecule has 0 aromatic heterocycles. The molecule has 4 nitrogen and oxygen atoms in total. The fraction of sp³-hybridized carbons (Fsp3) is 0.588. The van der Waals surface area contributed by atoms with Gasteiger partial charge in [-0.25, -0.2) is 0 Å². The Bertz CT molecular complexity index is 427. The van der Waals surface area contributed by atoms with Crippen LogP contribution in [0, 0.1) is 0 Å². The van der Waals surface area contributed by atoms with Gasteiger partial charge in [0.25, 0.3) is 0 Å². The molecule has 1 aliphatic heterocycles. The molecule has 0 aliphatic carbocycles. The summed E-state index contributed by atoms with van der Waals surface area (Å²) in [4.78, 5) is 16.3. The van der Waals surface area contributed by atoms with E-state index in [1.165, 1.54) is 5.56 Å². The van der Waals surface area contributed by atoms with Gasteiger partial charge in [0.05, 0.1) is 0 Å². The first kappa shape index (κ1) is 16.0. The fourth-order valence-electron chi connectivity index (χ4n) is 3.06. The van der Waals surface area contributed by atoms with Crippen molar-refractivity contribution in [3.8, 4) is 0 Å². The molecule has 1 aromatic carbocycles. The van der Waals surface area contributed by atoms with Gasteiger partial charge in [-0.15, -0.1) is 0 Å². The molecule has 0 bridgehead atoms. The van der Waals surface area contributed by atoms with Gasteiger partial charge in [-0.1, -0.05) is 37.3 Å². The largest absolute Gasteiger partial charge is 0.359 e. The molecule has 1 aromatic rings. The number of benzene rings is 1. The standard InChI is InChI=1S/C17H27N3O/c1-3-16(15-7-5-4-6-8-15)20-13-11-19(12-14-20)10-9-17(21)18-2/h4-8,16H,3,9-14H2,1-2H3,(H,18,21)/t16-/m1/s1. The van der Waals surface area contributed by atoms with Crippen LogP contribution in [0.15, 0.2) is 30.3 Å². The molecule has 1 saturated heterocycles. The van der Waals surface area contributed by atoms with Gasteiger partial charge in [-0.05, 0) is 12.0 Å². The van der Waals surface area contributed by atoms with Crippen LogP contribution in [0.25, 0.3) is 0 Å². The van der Waals surface area contributed by atoms with Crippen molar-refractivity contribution >= 4 is 5.91 Å². The Hall–Kier alpha value is -1.39. The maximum absolute atomic E-state index is 11.3. The SMILES string of the molecule is CC[C@H](c1ccccc1)N1CCN(CCC(=O)NC)CC1. The topological polar surface area (TPSA) is 35.6 Å². The number of hydrogen-bond acceptors (Lipinski definition) is 3. The summed E-state index contributed by atoms with van der Waals surface area (Å²) in [7, 11) is 1.70. The maximum atomic E-state index is 11.3. The van der Waals surface area contributed by atoms with E-state index in [1.54, 1.807) is 7.05 Å². The monoisotopic (exact) mass is 289 g/mol. The predicted octanol–water partition coefficient (Wildman–Crippen LogP) is 1.89. The van der Waals surface area contributed by atoms with Crippen LogP contribution in [0.4, 0.5) is 0 Å². The number of carbonyl (C=O) groups is 1. The molecule has 2 rings (SSSR count). The zero-order valence-corrected chi connectivity index (χ0v) is 13.2. The van der Waals surface area contributed by atoms with Gasteiger partial charge in [0, 0.05) is 52.2 Å². The number of piperazine rings is 1. The average molecular weight is 289 g/mol. The Balaban J connectivity index is 1.83. The summed E-state index contributed by atoms with van der Waals surface area (Å²) in [6.45, 7) is 7.41. The molecular weight excluding hydrogens is 262 g/mol. The van der Waals surface area contributed by atoms with Crippen molar-refractivity contribution in [2.75, 3.05) is 39.8 Å². The molecular formula is C17H27N3O. The lowest BCUT2D eigenvalue weighted by Gasteiger charge is -2.39. The third-order valence-electron chi connectivity index (χ3n) is 4.35. The van der Waals surface area contributed by atoms with E-state index in [2.05, 4.69) is 52.4 Å². The van der Waals surface area contributed by atoms with Crippen LogP contribution >= 0.6 is 0 Å². The molecule has 1 amide bonds. The van der Waals surface area contributed by atoms with E-state index in [-0.39, 0.29) is 5.91 Å². The van der Waals surface area contributed by atoms with Crippen LogP contribution in [0.5, 0.6) is 0 Å². The van der Waals surface area contributed by atoms with Crippen molar-refractivity contribution in [1.29, 1.82) is 0 Å². The molecule has 116 valence electrons. The van der Waals surface area contributed by atoms with Crippen LogP contribution in [-0.4, -0.2) is 55.5 Å². The Kier molecular flexibility index (Phi) is 6.21. The highest BCUT2D eigenvalue weighted by molar-refractivity contribution is 5.75. The van der Waals surface area contributed by atoms with Crippen LogP contribution in [-0.2, 0) is 4.79 Å². The first-order chi connectivity index (χ1) is 10.2. The zero-order valence-electron chi connectivity index (χ0n) is 13.2. The first-order valence-corrected chi connectivity index (χ1v) is 7.96. The smallest absolute Gasteiger partial charge is 0.221 e. The number of rotatable bonds is 6. The number of nitrogens with zero attached hydrogens (tertiary/aromatic N) is 2. The van der Waals surface area contributed by atoms with Crippen molar-refractivity contribution in [1.82, 2.24) is 15.1 Å². The lowest BCUT2D eigenvalue weighted by Crippen LogP contribution is -2.48. The Labute approximate surface area is 128 Å². The van der Waals surface area contributed by atoms with E-state index in [9.17, 15) is 4.79 Å². The van der Waals surface area contributed by atoms with Crippen molar-refractivity contribution in [2.24, 2.45) is 0 Å². The molecule has 1 N–H and O–H groups in total. The quantitative estimate of drug-likeness (QED) is 0.869. The second-order valence-corrected chi connectivity index (χ2v) is 5.64. The number of nitrogens with one attached hydrogen (secondary N) is 1. The maximum Gasteiger partial charge on any atom is 0.221 e. The predicted molar refractivity (Wildman–Crippen MR) is 86.2 cm³/mol. The van der Waals surface area contributed by atoms with Crippen LogP contribution in [0.1, 0.15) is 31.4 Å². The summed E-state index contributed by atoms with van der Waals surface area (Å²) in [5.74, 6) is 0.133. The van der Waals surface area contributed by atoms with E-state index >= 15 is 0 Å². The highest BCUT2D eigenvalue weighted by atomic mass is 16.1. The number of carbonyl (C=O) groups excluding carboxylic acids is 1. The van der Waals surface area contributed by atoms with Crippen molar-refractivity contribution in [3.63, 3.8) is 0 Å². The van der Waals surface area contributed by atoms with Crippen LogP contribution < -0.4 is 5.32 Å². The summed E-state index contributed by atoms with van der Waals surface area (Å²) in [6, 6.07) is 11.3. The second-order valence-electron chi connectivity index (χ2n) is 5.64. The Morgan fingerprint density at radius 2 is 1.86 bits per heavy atom. The summed E-state index contributed by atoms with van der Waals surface area (Å²) < 4.78 is 0. The lowest BCUT2D eigenvalue weighted by molar-refractivity contribution is -0.121. The fourth-order valence-corrected chi connectivity index (χ4v) is 3.06. The van der Waals surface area contributed by atoms with E-state index in [0.717, 1.165) is 39.1 Å². The molecule has 0 spiro atoms. The van der Waals surface area contributed by atoms with E-state index in [0.29, 0.717) is 12.5 Å². The molecule has 1 heterocycles. The first-order valence-electron chi connectivity index (χ1n) is 7.96. The molecule has 0 saturated carbocycles. The van der Waals surface area contributed by atoms with Gasteiger partial charge in [0.2, 0.25) is 5.91 Å². The Morgan fingerprint density at radius 1 is 1.19 bits per heavy atom. The second kappa shape index (κ2) is 8.15. The van der Waals surface area contributed by atoms with E-state index in [4.69, 9.17) is 0 Å². The van der Waals surface area contributed by atoms with Crippen LogP contribution in [0.3, 0.4) is 0 Å². The molecule has 1 aliphatic rings. The van der Waals surface area contributed by atoms with Gasteiger partial charge >= 0.3 is 0 Å². The minimum Gasteiger partial charge on any atom is -0.359 e. The highest BCUT2D eigenvalue weighted by Gasteiger charge is 2.23. The molecule has 0 radical (unpaired) electrons. The summed E-state index contributed by atoms with van der Waals surface area (Å²) in [5, 5.41) is 2.69.